The Morgan fingerprint density at radius 3 is 2.65 bits per heavy atom. The predicted molar refractivity (Wildman–Crippen MR) is 112 cm³/mol. The standard InChI is InChI=1S/C23H28O8/c1-23(2)30-18-10-7-8-15-12-16(27-4)13-19(29-14-26-3)20(15)22(25)28-11-6-5-9-17(24)21(18)31-23/h5-8,12-13,18,21H,9-11,14H2,1-4H3/t18-,21+/m0/s1. The van der Waals surface area contributed by atoms with Gasteiger partial charge in [0, 0.05) is 19.6 Å². The van der Waals surface area contributed by atoms with Crippen molar-refractivity contribution >= 4 is 17.8 Å². The Morgan fingerprint density at radius 2 is 1.90 bits per heavy atom. The first-order valence-electron chi connectivity index (χ1n) is 10.1. The van der Waals surface area contributed by atoms with Gasteiger partial charge in [0.15, 0.2) is 18.4 Å². The van der Waals surface area contributed by atoms with Crippen LogP contribution in [0.2, 0.25) is 0 Å². The Labute approximate surface area is 181 Å². The molecular weight excluding hydrogens is 404 g/mol. The molecule has 3 rings (SSSR count). The molecular formula is C23H28O8. The van der Waals surface area contributed by atoms with Gasteiger partial charge in [-0.05, 0) is 31.9 Å². The van der Waals surface area contributed by atoms with Crippen molar-refractivity contribution in [2.45, 2.75) is 44.7 Å². The van der Waals surface area contributed by atoms with Gasteiger partial charge in [-0.25, -0.2) is 4.79 Å². The van der Waals surface area contributed by atoms with Gasteiger partial charge in [0.1, 0.15) is 29.8 Å². The van der Waals surface area contributed by atoms with E-state index in [1.54, 1.807) is 44.2 Å². The van der Waals surface area contributed by atoms with Crippen molar-refractivity contribution in [3.8, 4) is 11.5 Å². The van der Waals surface area contributed by atoms with Gasteiger partial charge >= 0.3 is 5.97 Å². The van der Waals surface area contributed by atoms with Gasteiger partial charge < -0.3 is 28.4 Å². The second kappa shape index (κ2) is 10.1. The van der Waals surface area contributed by atoms with E-state index in [2.05, 4.69) is 0 Å². The number of methoxy groups -OCH3 is 2. The van der Waals surface area contributed by atoms with Crippen LogP contribution >= 0.6 is 0 Å². The third kappa shape index (κ3) is 5.72. The number of esters is 1. The zero-order chi connectivity index (χ0) is 22.4. The molecule has 31 heavy (non-hydrogen) atoms. The van der Waals surface area contributed by atoms with Gasteiger partial charge in [-0.2, -0.15) is 0 Å². The number of benzene rings is 1. The van der Waals surface area contributed by atoms with Crippen molar-refractivity contribution in [3.05, 3.63) is 41.5 Å². The fourth-order valence-electron chi connectivity index (χ4n) is 3.50. The first-order chi connectivity index (χ1) is 14.8. The summed E-state index contributed by atoms with van der Waals surface area (Å²) in [6.07, 6.45) is 6.38. The minimum absolute atomic E-state index is 0.0158. The van der Waals surface area contributed by atoms with Gasteiger partial charge in [-0.1, -0.05) is 24.3 Å². The monoisotopic (exact) mass is 432 g/mol. The fraction of sp³-hybridized carbons (Fsp3) is 0.478. The molecule has 2 atom stereocenters. The number of Topliss-reactive ketones (excluding diaryl/α,β-unsaturated/α-hetero) is 1. The van der Waals surface area contributed by atoms with Crippen molar-refractivity contribution in [3.63, 3.8) is 0 Å². The van der Waals surface area contributed by atoms with Crippen LogP contribution in [0.3, 0.4) is 0 Å². The first-order valence-corrected chi connectivity index (χ1v) is 10.1. The molecule has 8 heteroatoms. The highest BCUT2D eigenvalue weighted by atomic mass is 16.8. The minimum Gasteiger partial charge on any atom is -0.497 e. The van der Waals surface area contributed by atoms with Crippen LogP contribution in [0.25, 0.3) is 6.08 Å². The molecule has 1 aromatic carbocycles. The van der Waals surface area contributed by atoms with Crippen LogP contribution in [0.15, 0.2) is 30.4 Å². The summed E-state index contributed by atoms with van der Waals surface area (Å²) in [6.45, 7) is 3.55. The normalized spacial score (nSPS) is 23.5. The fourth-order valence-corrected chi connectivity index (χ4v) is 3.50. The summed E-state index contributed by atoms with van der Waals surface area (Å²) in [5, 5.41) is 0. The number of cyclic esters (lactones) is 1. The van der Waals surface area contributed by atoms with E-state index < -0.39 is 24.0 Å². The lowest BCUT2D eigenvalue weighted by atomic mass is 10.0. The SMILES string of the molecule is COCOc1cc(OC)cc2c1C(=O)OCC=CCC(=O)[C@H]1OC(C)(C)O[C@H]1CC=C2. The lowest BCUT2D eigenvalue weighted by Crippen LogP contribution is -2.31. The molecule has 0 unspecified atom stereocenters. The van der Waals surface area contributed by atoms with Crippen LogP contribution in [-0.4, -0.2) is 57.4 Å². The van der Waals surface area contributed by atoms with Crippen LogP contribution < -0.4 is 9.47 Å². The number of carbonyl (C=O) groups is 2. The highest BCUT2D eigenvalue weighted by Crippen LogP contribution is 2.33. The average Bonchev–Trinajstić information content (AvgIpc) is 3.05. The zero-order valence-corrected chi connectivity index (χ0v) is 18.2. The molecule has 1 fully saturated rings. The summed E-state index contributed by atoms with van der Waals surface area (Å²) in [7, 11) is 3.02. The lowest BCUT2D eigenvalue weighted by Gasteiger charge is -2.16. The molecule has 0 radical (unpaired) electrons. The topological polar surface area (TPSA) is 89.5 Å². The molecule has 0 aromatic heterocycles. The minimum atomic E-state index is -0.849. The second-order valence-electron chi connectivity index (χ2n) is 7.61. The number of ether oxygens (including phenoxy) is 6. The molecule has 0 amide bonds. The molecule has 0 saturated carbocycles. The van der Waals surface area contributed by atoms with Crippen molar-refractivity contribution in [2.75, 3.05) is 27.6 Å². The van der Waals surface area contributed by atoms with E-state index in [-0.39, 0.29) is 36.9 Å². The van der Waals surface area contributed by atoms with E-state index in [0.717, 1.165) is 0 Å². The average molecular weight is 432 g/mol. The Hall–Kier alpha value is -2.68. The molecule has 2 heterocycles. The largest absolute Gasteiger partial charge is 0.497 e. The molecule has 1 saturated heterocycles. The Balaban J connectivity index is 2.00. The number of ketones is 1. The van der Waals surface area contributed by atoms with Gasteiger partial charge in [0.05, 0.1) is 13.2 Å². The van der Waals surface area contributed by atoms with Crippen LogP contribution in [0, 0.1) is 0 Å². The molecule has 8 nitrogen and oxygen atoms in total. The lowest BCUT2D eigenvalue weighted by molar-refractivity contribution is -0.154. The number of hydrogen-bond donors (Lipinski definition) is 0. The molecule has 0 aliphatic carbocycles. The maximum atomic E-state index is 12.8. The number of rotatable bonds is 4. The van der Waals surface area contributed by atoms with Crippen molar-refractivity contribution in [1.82, 2.24) is 0 Å². The summed E-state index contributed by atoms with van der Waals surface area (Å²) >= 11 is 0. The van der Waals surface area contributed by atoms with E-state index in [1.807, 2.05) is 6.08 Å². The first kappa shape index (κ1) is 23.0. The van der Waals surface area contributed by atoms with Crippen LogP contribution in [0.4, 0.5) is 0 Å². The summed E-state index contributed by atoms with van der Waals surface area (Å²) in [6, 6.07) is 3.32. The molecule has 0 N–H and O–H groups in total. The number of allylic oxidation sites excluding steroid dienone is 1. The van der Waals surface area contributed by atoms with E-state index in [4.69, 9.17) is 28.4 Å². The third-order valence-corrected chi connectivity index (χ3v) is 4.84. The maximum absolute atomic E-state index is 12.8. The zero-order valence-electron chi connectivity index (χ0n) is 18.2. The van der Waals surface area contributed by atoms with Gasteiger partial charge in [0.2, 0.25) is 0 Å². The van der Waals surface area contributed by atoms with Gasteiger partial charge in [-0.3, -0.25) is 4.79 Å². The van der Waals surface area contributed by atoms with Crippen molar-refractivity contribution < 1.29 is 38.0 Å². The number of carbonyl (C=O) groups excluding carboxylic acids is 2. The predicted octanol–water partition coefficient (Wildman–Crippen LogP) is 3.29. The Morgan fingerprint density at radius 1 is 1.10 bits per heavy atom. The van der Waals surface area contributed by atoms with E-state index >= 15 is 0 Å². The summed E-state index contributed by atoms with van der Waals surface area (Å²) in [5.41, 5.74) is 0.814. The van der Waals surface area contributed by atoms with Crippen molar-refractivity contribution in [2.24, 2.45) is 0 Å². The molecule has 0 bridgehead atoms. The van der Waals surface area contributed by atoms with Gasteiger partial charge in [0.25, 0.3) is 0 Å². The second-order valence-corrected chi connectivity index (χ2v) is 7.61. The highest BCUT2D eigenvalue weighted by Gasteiger charge is 2.43. The molecule has 168 valence electrons. The quantitative estimate of drug-likeness (QED) is 0.407. The molecule has 1 aromatic rings. The molecule has 2 aliphatic rings. The number of fused-ring (bicyclic) bond motifs is 2. The number of hydrogen-bond acceptors (Lipinski definition) is 8. The van der Waals surface area contributed by atoms with Crippen LogP contribution in [0.5, 0.6) is 11.5 Å². The third-order valence-electron chi connectivity index (χ3n) is 4.84. The van der Waals surface area contributed by atoms with E-state index in [0.29, 0.717) is 17.7 Å². The summed E-state index contributed by atoms with van der Waals surface area (Å²) in [4.78, 5) is 25.4. The maximum Gasteiger partial charge on any atom is 0.342 e. The Bertz CT molecular complexity index is 871. The van der Waals surface area contributed by atoms with E-state index in [1.165, 1.54) is 14.2 Å². The van der Waals surface area contributed by atoms with Crippen molar-refractivity contribution in [1.29, 1.82) is 0 Å². The van der Waals surface area contributed by atoms with E-state index in [9.17, 15) is 9.59 Å². The Kier molecular flexibility index (Phi) is 7.48. The summed E-state index contributed by atoms with van der Waals surface area (Å²) in [5.74, 6) is -0.686. The highest BCUT2D eigenvalue weighted by molar-refractivity contribution is 5.97. The van der Waals surface area contributed by atoms with Crippen LogP contribution in [-0.2, 0) is 23.7 Å². The summed E-state index contributed by atoms with van der Waals surface area (Å²) < 4.78 is 33.1. The molecule has 0 spiro atoms. The molecule has 2 aliphatic heterocycles. The van der Waals surface area contributed by atoms with Gasteiger partial charge in [-0.15, -0.1) is 0 Å². The smallest absolute Gasteiger partial charge is 0.342 e. The van der Waals surface area contributed by atoms with Crippen LogP contribution in [0.1, 0.15) is 42.6 Å².